The zero-order chi connectivity index (χ0) is 7.82. The van der Waals surface area contributed by atoms with Gasteiger partial charge in [0.25, 0.3) is 0 Å². The van der Waals surface area contributed by atoms with Crippen molar-refractivity contribution in [2.24, 2.45) is 0 Å². The highest BCUT2D eigenvalue weighted by molar-refractivity contribution is 9.09. The van der Waals surface area contributed by atoms with Gasteiger partial charge in [-0.25, -0.2) is 0 Å². The standard InChI is InChI=1S/C7H15BrO2/c1-3-4-7(9-2)10-6-5-8/h7H,3-6H2,1-2H3. The Balaban J connectivity index is 3.21. The van der Waals surface area contributed by atoms with Gasteiger partial charge in [0.05, 0.1) is 6.61 Å². The molecule has 1 atom stereocenters. The van der Waals surface area contributed by atoms with E-state index in [0.717, 1.165) is 24.8 Å². The van der Waals surface area contributed by atoms with E-state index in [0.29, 0.717) is 0 Å². The van der Waals surface area contributed by atoms with E-state index in [2.05, 4.69) is 22.9 Å². The van der Waals surface area contributed by atoms with Crippen LogP contribution in [-0.4, -0.2) is 25.3 Å². The molecule has 0 N–H and O–H groups in total. The topological polar surface area (TPSA) is 18.5 Å². The van der Waals surface area contributed by atoms with Gasteiger partial charge in [-0.2, -0.15) is 0 Å². The maximum atomic E-state index is 5.31. The molecular formula is C7H15BrO2. The van der Waals surface area contributed by atoms with Crippen LogP contribution in [0.5, 0.6) is 0 Å². The number of halogens is 1. The van der Waals surface area contributed by atoms with Crippen LogP contribution in [0.15, 0.2) is 0 Å². The van der Waals surface area contributed by atoms with Gasteiger partial charge in [0.15, 0.2) is 6.29 Å². The van der Waals surface area contributed by atoms with E-state index in [1.165, 1.54) is 0 Å². The lowest BCUT2D eigenvalue weighted by Crippen LogP contribution is -2.15. The number of hydrogen-bond donors (Lipinski definition) is 0. The van der Waals surface area contributed by atoms with E-state index in [1.807, 2.05) is 0 Å². The first-order valence-electron chi connectivity index (χ1n) is 3.55. The van der Waals surface area contributed by atoms with Crippen molar-refractivity contribution in [3.05, 3.63) is 0 Å². The molecule has 0 spiro atoms. The maximum absolute atomic E-state index is 5.31. The first kappa shape index (κ1) is 10.4. The minimum absolute atomic E-state index is 0.0115. The third-order valence-corrected chi connectivity index (χ3v) is 1.49. The largest absolute Gasteiger partial charge is 0.356 e. The van der Waals surface area contributed by atoms with Gasteiger partial charge < -0.3 is 9.47 Å². The molecule has 0 aromatic rings. The molecule has 0 heterocycles. The summed E-state index contributed by atoms with van der Waals surface area (Å²) in [6.45, 7) is 2.84. The van der Waals surface area contributed by atoms with Gasteiger partial charge >= 0.3 is 0 Å². The van der Waals surface area contributed by atoms with Crippen LogP contribution in [0.3, 0.4) is 0 Å². The molecule has 10 heavy (non-hydrogen) atoms. The third-order valence-electron chi connectivity index (χ3n) is 1.17. The Morgan fingerprint density at radius 2 is 2.20 bits per heavy atom. The van der Waals surface area contributed by atoms with Gasteiger partial charge in [-0.15, -0.1) is 0 Å². The van der Waals surface area contributed by atoms with Gasteiger partial charge in [-0.1, -0.05) is 29.3 Å². The van der Waals surface area contributed by atoms with E-state index in [1.54, 1.807) is 7.11 Å². The lowest BCUT2D eigenvalue weighted by atomic mass is 10.3. The second kappa shape index (κ2) is 7.51. The van der Waals surface area contributed by atoms with Crippen molar-refractivity contribution < 1.29 is 9.47 Å². The molecule has 0 aliphatic rings. The zero-order valence-electron chi connectivity index (χ0n) is 6.60. The Bertz CT molecular complexity index is 68.6. The summed E-state index contributed by atoms with van der Waals surface area (Å²) < 4.78 is 10.4. The van der Waals surface area contributed by atoms with Gasteiger partial charge in [0.1, 0.15) is 0 Å². The Morgan fingerprint density at radius 3 is 2.60 bits per heavy atom. The molecule has 0 saturated carbocycles. The Hall–Kier alpha value is 0.400. The van der Waals surface area contributed by atoms with Gasteiger partial charge in [0.2, 0.25) is 0 Å². The summed E-state index contributed by atoms with van der Waals surface area (Å²) in [5.74, 6) is 0. The Morgan fingerprint density at radius 1 is 1.50 bits per heavy atom. The van der Waals surface area contributed by atoms with E-state index < -0.39 is 0 Å². The van der Waals surface area contributed by atoms with Crippen molar-refractivity contribution in [2.45, 2.75) is 26.1 Å². The van der Waals surface area contributed by atoms with Crippen LogP contribution >= 0.6 is 15.9 Å². The zero-order valence-corrected chi connectivity index (χ0v) is 8.19. The van der Waals surface area contributed by atoms with Crippen LogP contribution in [0.4, 0.5) is 0 Å². The van der Waals surface area contributed by atoms with Crippen molar-refractivity contribution in [1.82, 2.24) is 0 Å². The fourth-order valence-corrected chi connectivity index (χ4v) is 0.868. The average Bonchev–Trinajstić information content (AvgIpc) is 1.98. The highest BCUT2D eigenvalue weighted by atomic mass is 79.9. The average molecular weight is 211 g/mol. The van der Waals surface area contributed by atoms with Crippen LogP contribution in [-0.2, 0) is 9.47 Å². The molecule has 62 valence electrons. The van der Waals surface area contributed by atoms with Crippen molar-refractivity contribution in [1.29, 1.82) is 0 Å². The van der Waals surface area contributed by atoms with Crippen LogP contribution < -0.4 is 0 Å². The molecule has 0 aliphatic heterocycles. The molecule has 0 aromatic heterocycles. The first-order valence-corrected chi connectivity index (χ1v) is 4.67. The molecule has 0 radical (unpaired) electrons. The Kier molecular flexibility index (Phi) is 7.81. The van der Waals surface area contributed by atoms with E-state index >= 15 is 0 Å². The summed E-state index contributed by atoms with van der Waals surface area (Å²) in [4.78, 5) is 0. The molecule has 0 amide bonds. The maximum Gasteiger partial charge on any atom is 0.157 e. The van der Waals surface area contributed by atoms with Gasteiger partial charge in [-0.05, 0) is 6.42 Å². The molecule has 0 aromatic carbocycles. The fourth-order valence-electron chi connectivity index (χ4n) is 0.681. The minimum atomic E-state index is -0.0115. The van der Waals surface area contributed by atoms with Crippen LogP contribution in [0.2, 0.25) is 0 Å². The lowest BCUT2D eigenvalue weighted by molar-refractivity contribution is -0.122. The molecule has 2 nitrogen and oxygen atoms in total. The van der Waals surface area contributed by atoms with E-state index in [-0.39, 0.29) is 6.29 Å². The number of hydrogen-bond acceptors (Lipinski definition) is 2. The summed E-state index contributed by atoms with van der Waals surface area (Å²) in [5, 5.41) is 0.872. The number of rotatable bonds is 6. The molecule has 3 heteroatoms. The van der Waals surface area contributed by atoms with Crippen LogP contribution in [0.1, 0.15) is 19.8 Å². The monoisotopic (exact) mass is 210 g/mol. The molecular weight excluding hydrogens is 196 g/mol. The minimum Gasteiger partial charge on any atom is -0.356 e. The quantitative estimate of drug-likeness (QED) is 0.495. The molecule has 0 saturated heterocycles. The summed E-state index contributed by atoms with van der Waals surface area (Å²) in [5.41, 5.74) is 0. The highest BCUT2D eigenvalue weighted by Gasteiger charge is 2.03. The molecule has 0 bridgehead atoms. The molecule has 1 unspecified atom stereocenters. The van der Waals surface area contributed by atoms with Crippen molar-refractivity contribution in [3.8, 4) is 0 Å². The van der Waals surface area contributed by atoms with Gasteiger partial charge in [-0.3, -0.25) is 0 Å². The lowest BCUT2D eigenvalue weighted by Gasteiger charge is -2.13. The highest BCUT2D eigenvalue weighted by Crippen LogP contribution is 2.02. The SMILES string of the molecule is CCCC(OC)OCCBr. The van der Waals surface area contributed by atoms with E-state index in [9.17, 15) is 0 Å². The molecule has 0 fully saturated rings. The number of ether oxygens (including phenoxy) is 2. The number of methoxy groups -OCH3 is 1. The Labute approximate surface area is 71.0 Å². The third kappa shape index (κ3) is 5.21. The normalized spacial score (nSPS) is 13.5. The van der Waals surface area contributed by atoms with Crippen molar-refractivity contribution >= 4 is 15.9 Å². The first-order chi connectivity index (χ1) is 4.85. The molecule has 0 aliphatic carbocycles. The van der Waals surface area contributed by atoms with Crippen molar-refractivity contribution in [3.63, 3.8) is 0 Å². The summed E-state index contributed by atoms with van der Waals surface area (Å²) in [7, 11) is 1.68. The molecule has 0 rings (SSSR count). The summed E-state index contributed by atoms with van der Waals surface area (Å²) in [6, 6.07) is 0. The summed E-state index contributed by atoms with van der Waals surface area (Å²) >= 11 is 3.28. The van der Waals surface area contributed by atoms with Crippen molar-refractivity contribution in [2.75, 3.05) is 19.0 Å². The predicted octanol–water partition coefficient (Wildman–Crippen LogP) is 2.17. The van der Waals surface area contributed by atoms with E-state index in [4.69, 9.17) is 9.47 Å². The van der Waals surface area contributed by atoms with Crippen LogP contribution in [0.25, 0.3) is 0 Å². The smallest absolute Gasteiger partial charge is 0.157 e. The van der Waals surface area contributed by atoms with Crippen LogP contribution in [0, 0.1) is 0 Å². The fraction of sp³-hybridized carbons (Fsp3) is 1.00. The second-order valence-electron chi connectivity index (χ2n) is 2.01. The summed E-state index contributed by atoms with van der Waals surface area (Å²) in [6.07, 6.45) is 2.06. The number of alkyl halides is 1. The predicted molar refractivity (Wildman–Crippen MR) is 45.5 cm³/mol. The second-order valence-corrected chi connectivity index (χ2v) is 2.81. The van der Waals surface area contributed by atoms with Gasteiger partial charge in [0, 0.05) is 12.4 Å².